The predicted molar refractivity (Wildman–Crippen MR) is 86.3 cm³/mol. The average Bonchev–Trinajstić information content (AvgIpc) is 2.82. The lowest BCUT2D eigenvalue weighted by Crippen LogP contribution is -2.26. The van der Waals surface area contributed by atoms with Crippen LogP contribution in [0.15, 0.2) is 36.4 Å². The molecule has 24 heavy (non-hydrogen) atoms. The van der Waals surface area contributed by atoms with Crippen LogP contribution < -0.4 is 14.8 Å². The second-order valence-corrected chi connectivity index (χ2v) is 5.99. The smallest absolute Gasteiger partial charge is 0.395 e. The summed E-state index contributed by atoms with van der Waals surface area (Å²) >= 11 is 0. The second kappa shape index (κ2) is 5.78. The summed E-state index contributed by atoms with van der Waals surface area (Å²) < 4.78 is 36.0. The molecule has 0 aliphatic carbocycles. The summed E-state index contributed by atoms with van der Waals surface area (Å²) in [6.07, 6.45) is -3.69. The highest BCUT2D eigenvalue weighted by Gasteiger charge is 2.44. The van der Waals surface area contributed by atoms with Crippen LogP contribution in [0, 0.1) is 12.8 Å². The number of benzene rings is 2. The van der Waals surface area contributed by atoms with Gasteiger partial charge in [0.15, 0.2) is 11.5 Å². The Morgan fingerprint density at radius 3 is 2.58 bits per heavy atom. The highest BCUT2D eigenvalue weighted by molar-refractivity contribution is 5.97. The molecule has 0 saturated carbocycles. The fourth-order valence-electron chi connectivity index (χ4n) is 2.45. The molecule has 0 atom stereocenters. The van der Waals surface area contributed by atoms with E-state index in [1.54, 1.807) is 32.0 Å². The van der Waals surface area contributed by atoms with Crippen LogP contribution >= 0.6 is 0 Å². The molecule has 6 heteroatoms. The van der Waals surface area contributed by atoms with Gasteiger partial charge in [0, 0.05) is 22.7 Å². The van der Waals surface area contributed by atoms with Gasteiger partial charge >= 0.3 is 6.29 Å². The van der Waals surface area contributed by atoms with E-state index in [2.05, 4.69) is 14.8 Å². The summed E-state index contributed by atoms with van der Waals surface area (Å²) in [4.78, 5) is 12.0. The summed E-state index contributed by atoms with van der Waals surface area (Å²) in [7, 11) is 0. The number of amides is 1. The first kappa shape index (κ1) is 16.2. The Hall–Kier alpha value is -2.63. The van der Waals surface area contributed by atoms with Crippen LogP contribution in [-0.4, -0.2) is 12.2 Å². The fraction of sp³-hybridized carbons (Fsp3) is 0.278. The zero-order valence-electron chi connectivity index (χ0n) is 13.5. The molecule has 3 rings (SSSR count). The Labute approximate surface area is 138 Å². The van der Waals surface area contributed by atoms with E-state index in [4.69, 9.17) is 0 Å². The van der Waals surface area contributed by atoms with Crippen molar-refractivity contribution in [3.05, 3.63) is 42.0 Å². The monoisotopic (exact) mass is 333 g/mol. The Balaban J connectivity index is 2.10. The van der Waals surface area contributed by atoms with Crippen molar-refractivity contribution in [2.75, 3.05) is 5.32 Å². The van der Waals surface area contributed by atoms with Crippen molar-refractivity contribution in [2.45, 2.75) is 27.1 Å². The Kier molecular flexibility index (Phi) is 3.91. The Morgan fingerprint density at radius 2 is 1.88 bits per heavy atom. The number of rotatable bonds is 3. The number of ether oxygens (including phenoxy) is 2. The summed E-state index contributed by atoms with van der Waals surface area (Å²) in [6, 6.07) is 10.1. The van der Waals surface area contributed by atoms with Gasteiger partial charge in [0.25, 0.3) is 0 Å². The van der Waals surface area contributed by atoms with Crippen molar-refractivity contribution < 1.29 is 23.0 Å². The third kappa shape index (κ3) is 3.04. The van der Waals surface area contributed by atoms with E-state index in [9.17, 15) is 13.6 Å². The predicted octanol–water partition coefficient (Wildman–Crippen LogP) is 4.58. The number of fused-ring (bicyclic) bond motifs is 1. The number of aryl methyl sites for hydroxylation is 1. The van der Waals surface area contributed by atoms with Gasteiger partial charge in [0.05, 0.1) is 0 Å². The molecule has 0 saturated heterocycles. The minimum absolute atomic E-state index is 0.0276. The van der Waals surface area contributed by atoms with Crippen molar-refractivity contribution in [3.8, 4) is 22.6 Å². The number of alkyl halides is 2. The number of anilines is 1. The van der Waals surface area contributed by atoms with Crippen molar-refractivity contribution in [3.63, 3.8) is 0 Å². The number of hydrogen-bond donors (Lipinski definition) is 1. The van der Waals surface area contributed by atoms with Gasteiger partial charge in [0.2, 0.25) is 5.91 Å². The van der Waals surface area contributed by atoms with Gasteiger partial charge in [-0.25, -0.2) is 0 Å². The Morgan fingerprint density at radius 1 is 1.12 bits per heavy atom. The van der Waals surface area contributed by atoms with Gasteiger partial charge < -0.3 is 14.8 Å². The molecule has 0 unspecified atom stereocenters. The normalized spacial score (nSPS) is 14.8. The molecule has 0 fully saturated rings. The molecule has 1 N–H and O–H groups in total. The maximum Gasteiger partial charge on any atom is 0.586 e. The summed E-state index contributed by atoms with van der Waals surface area (Å²) in [5, 5.41) is 2.82. The molecule has 1 aliphatic rings. The molecule has 1 heterocycles. The van der Waals surface area contributed by atoms with Crippen LogP contribution in [0.3, 0.4) is 0 Å². The Bertz CT molecular complexity index is 803. The standard InChI is InChI=1S/C18H17F2NO3/c1-10(2)17(22)21-14-8-7-11(3)9-13(14)12-5-4-6-15-16(12)24-18(19,20)23-15/h4-10H,1-3H3,(H,21,22). The third-order valence-electron chi connectivity index (χ3n) is 3.68. The van der Waals surface area contributed by atoms with Crippen LogP contribution in [0.5, 0.6) is 11.5 Å². The van der Waals surface area contributed by atoms with Crippen molar-refractivity contribution in [1.29, 1.82) is 0 Å². The average molecular weight is 333 g/mol. The second-order valence-electron chi connectivity index (χ2n) is 5.99. The van der Waals surface area contributed by atoms with Crippen LogP contribution in [0.1, 0.15) is 19.4 Å². The maximum atomic E-state index is 13.4. The van der Waals surface area contributed by atoms with E-state index >= 15 is 0 Å². The van der Waals surface area contributed by atoms with Crippen LogP contribution in [0.25, 0.3) is 11.1 Å². The van der Waals surface area contributed by atoms with Crippen LogP contribution in [0.2, 0.25) is 0 Å². The molecule has 4 nitrogen and oxygen atoms in total. The zero-order chi connectivity index (χ0) is 17.5. The van der Waals surface area contributed by atoms with Gasteiger partial charge in [-0.3, -0.25) is 4.79 Å². The molecule has 126 valence electrons. The topological polar surface area (TPSA) is 47.6 Å². The quantitative estimate of drug-likeness (QED) is 0.894. The lowest BCUT2D eigenvalue weighted by Gasteiger charge is -2.15. The largest absolute Gasteiger partial charge is 0.586 e. The number of carbonyl (C=O) groups is 1. The summed E-state index contributed by atoms with van der Waals surface area (Å²) in [6.45, 7) is 5.44. The molecule has 0 aromatic heterocycles. The van der Waals surface area contributed by atoms with Gasteiger partial charge in [0.1, 0.15) is 0 Å². The van der Waals surface area contributed by atoms with Crippen molar-refractivity contribution in [1.82, 2.24) is 0 Å². The van der Waals surface area contributed by atoms with Gasteiger partial charge in [-0.15, -0.1) is 8.78 Å². The maximum absolute atomic E-state index is 13.4. The minimum atomic E-state index is -3.69. The lowest BCUT2D eigenvalue weighted by molar-refractivity contribution is -0.286. The first-order chi connectivity index (χ1) is 11.3. The van der Waals surface area contributed by atoms with Gasteiger partial charge in [-0.1, -0.05) is 37.6 Å². The first-order valence-corrected chi connectivity index (χ1v) is 7.57. The lowest BCUT2D eigenvalue weighted by atomic mass is 9.99. The van der Waals surface area contributed by atoms with E-state index in [1.165, 1.54) is 6.07 Å². The van der Waals surface area contributed by atoms with E-state index in [0.717, 1.165) is 5.56 Å². The summed E-state index contributed by atoms with van der Waals surface area (Å²) in [5.74, 6) is -0.423. The number of hydrogen-bond acceptors (Lipinski definition) is 3. The van der Waals surface area contributed by atoms with Crippen LogP contribution in [0.4, 0.5) is 14.5 Å². The molecular formula is C18H17F2NO3. The molecule has 1 amide bonds. The number of nitrogens with one attached hydrogen (secondary N) is 1. The van der Waals surface area contributed by atoms with Crippen molar-refractivity contribution >= 4 is 11.6 Å². The molecular weight excluding hydrogens is 316 g/mol. The highest BCUT2D eigenvalue weighted by atomic mass is 19.3. The van der Waals surface area contributed by atoms with Crippen LogP contribution in [-0.2, 0) is 4.79 Å². The molecule has 0 spiro atoms. The number of carbonyl (C=O) groups excluding carboxylic acids is 1. The molecule has 1 aliphatic heterocycles. The van der Waals surface area contributed by atoms with Crippen molar-refractivity contribution in [2.24, 2.45) is 5.92 Å². The third-order valence-corrected chi connectivity index (χ3v) is 3.68. The minimum Gasteiger partial charge on any atom is -0.395 e. The molecule has 2 aromatic rings. The van der Waals surface area contributed by atoms with E-state index in [1.807, 2.05) is 19.1 Å². The van der Waals surface area contributed by atoms with Gasteiger partial charge in [-0.2, -0.15) is 0 Å². The zero-order valence-corrected chi connectivity index (χ0v) is 13.5. The number of halogens is 2. The van der Waals surface area contributed by atoms with Gasteiger partial charge in [-0.05, 0) is 25.1 Å². The molecule has 2 aromatic carbocycles. The highest BCUT2D eigenvalue weighted by Crippen LogP contribution is 2.48. The van der Waals surface area contributed by atoms with E-state index < -0.39 is 6.29 Å². The van der Waals surface area contributed by atoms with E-state index in [0.29, 0.717) is 16.8 Å². The van der Waals surface area contributed by atoms with E-state index in [-0.39, 0.29) is 23.3 Å². The first-order valence-electron chi connectivity index (χ1n) is 7.57. The number of para-hydroxylation sites is 1. The SMILES string of the molecule is Cc1ccc(NC(=O)C(C)C)c(-c2cccc3c2OC(F)(F)O3)c1. The molecule has 0 bridgehead atoms. The summed E-state index contributed by atoms with van der Waals surface area (Å²) in [5.41, 5.74) is 2.50. The fourth-order valence-corrected chi connectivity index (χ4v) is 2.45. The molecule has 0 radical (unpaired) electrons.